The molecule has 1 aromatic carbocycles. The molecular formula is C16H23N3OS. The fourth-order valence-corrected chi connectivity index (χ4v) is 2.94. The van der Waals surface area contributed by atoms with Gasteiger partial charge in [-0.3, -0.25) is 9.69 Å². The van der Waals surface area contributed by atoms with Gasteiger partial charge in [0.2, 0.25) is 5.91 Å². The summed E-state index contributed by atoms with van der Waals surface area (Å²) in [5, 5.41) is 2.95. The van der Waals surface area contributed by atoms with E-state index in [4.69, 9.17) is 18.0 Å². The van der Waals surface area contributed by atoms with Gasteiger partial charge in [0, 0.05) is 17.3 Å². The van der Waals surface area contributed by atoms with E-state index in [1.165, 1.54) is 25.7 Å². The molecule has 1 aliphatic rings. The van der Waals surface area contributed by atoms with Crippen LogP contribution in [-0.2, 0) is 4.79 Å². The van der Waals surface area contributed by atoms with Crippen molar-refractivity contribution in [3.8, 4) is 0 Å². The molecule has 4 nitrogen and oxygen atoms in total. The van der Waals surface area contributed by atoms with Gasteiger partial charge in [-0.05, 0) is 38.9 Å². The zero-order valence-electron chi connectivity index (χ0n) is 12.6. The van der Waals surface area contributed by atoms with E-state index in [0.29, 0.717) is 11.0 Å². The lowest BCUT2D eigenvalue weighted by Gasteiger charge is -2.29. The van der Waals surface area contributed by atoms with Crippen LogP contribution >= 0.6 is 12.2 Å². The smallest absolute Gasteiger partial charge is 0.241 e. The monoisotopic (exact) mass is 305 g/mol. The van der Waals surface area contributed by atoms with Gasteiger partial charge >= 0.3 is 0 Å². The lowest BCUT2D eigenvalue weighted by atomic mass is 10.1. The van der Waals surface area contributed by atoms with E-state index < -0.39 is 0 Å². The van der Waals surface area contributed by atoms with Gasteiger partial charge in [-0.2, -0.15) is 0 Å². The molecule has 1 fully saturated rings. The maximum absolute atomic E-state index is 12.4. The third-order valence-corrected chi connectivity index (χ3v) is 4.54. The minimum atomic E-state index is -0.151. The van der Waals surface area contributed by atoms with Gasteiger partial charge < -0.3 is 11.1 Å². The number of carbonyl (C=O) groups excluding carboxylic acids is 1. The molecule has 0 aliphatic heterocycles. The number of benzene rings is 1. The Bertz CT molecular complexity index is 526. The van der Waals surface area contributed by atoms with Gasteiger partial charge in [-0.1, -0.05) is 37.2 Å². The van der Waals surface area contributed by atoms with Crippen molar-refractivity contribution >= 4 is 28.8 Å². The van der Waals surface area contributed by atoms with Gasteiger partial charge in [0.15, 0.2) is 0 Å². The Kier molecular flexibility index (Phi) is 5.31. The van der Waals surface area contributed by atoms with Crippen LogP contribution < -0.4 is 11.1 Å². The first-order valence-corrected chi connectivity index (χ1v) is 7.82. The van der Waals surface area contributed by atoms with Crippen molar-refractivity contribution in [3.63, 3.8) is 0 Å². The SMILES string of the molecule is CC(C(=O)Nc1cccc(C(N)=S)c1)N(C)C1CCCC1. The van der Waals surface area contributed by atoms with E-state index in [9.17, 15) is 4.79 Å². The van der Waals surface area contributed by atoms with Crippen molar-refractivity contribution in [1.29, 1.82) is 0 Å². The standard InChI is InChI=1S/C16H23N3OS/c1-11(19(2)14-8-3-4-9-14)16(20)18-13-7-5-6-12(10-13)15(17)21/h5-7,10-11,14H,3-4,8-9H2,1-2H3,(H2,17,21)(H,18,20). The normalized spacial score (nSPS) is 16.9. The van der Waals surface area contributed by atoms with Crippen molar-refractivity contribution in [2.24, 2.45) is 5.73 Å². The van der Waals surface area contributed by atoms with Crippen molar-refractivity contribution in [3.05, 3.63) is 29.8 Å². The van der Waals surface area contributed by atoms with Crippen LogP contribution in [0.4, 0.5) is 5.69 Å². The summed E-state index contributed by atoms with van der Waals surface area (Å²) in [6.07, 6.45) is 4.90. The third kappa shape index (κ3) is 4.02. The van der Waals surface area contributed by atoms with E-state index in [0.717, 1.165) is 11.3 Å². The maximum atomic E-state index is 12.4. The van der Waals surface area contributed by atoms with E-state index in [1.54, 1.807) is 0 Å². The number of nitrogens with two attached hydrogens (primary N) is 1. The molecular weight excluding hydrogens is 282 g/mol. The molecule has 0 bridgehead atoms. The molecule has 1 aliphatic carbocycles. The van der Waals surface area contributed by atoms with Crippen LogP contribution in [0.2, 0.25) is 0 Å². The maximum Gasteiger partial charge on any atom is 0.241 e. The fourth-order valence-electron chi connectivity index (χ4n) is 2.81. The molecule has 1 atom stereocenters. The average molecular weight is 305 g/mol. The first-order chi connectivity index (χ1) is 9.99. The van der Waals surface area contributed by atoms with Crippen LogP contribution in [0.25, 0.3) is 0 Å². The number of nitrogens with one attached hydrogen (secondary N) is 1. The van der Waals surface area contributed by atoms with Crippen LogP contribution in [0.5, 0.6) is 0 Å². The first-order valence-electron chi connectivity index (χ1n) is 7.41. The van der Waals surface area contributed by atoms with E-state index >= 15 is 0 Å². The number of rotatable bonds is 5. The number of carbonyl (C=O) groups is 1. The predicted octanol–water partition coefficient (Wildman–Crippen LogP) is 2.52. The van der Waals surface area contributed by atoms with Crippen molar-refractivity contribution in [2.45, 2.75) is 44.7 Å². The molecule has 3 N–H and O–H groups in total. The summed E-state index contributed by atoms with van der Waals surface area (Å²) < 4.78 is 0. The van der Waals surface area contributed by atoms with Crippen molar-refractivity contribution in [1.82, 2.24) is 4.90 Å². The number of likely N-dealkylation sites (N-methyl/N-ethyl adjacent to an activating group) is 1. The number of anilines is 1. The molecule has 1 aromatic rings. The summed E-state index contributed by atoms with van der Waals surface area (Å²) in [7, 11) is 2.03. The summed E-state index contributed by atoms with van der Waals surface area (Å²) in [5.41, 5.74) is 7.11. The summed E-state index contributed by atoms with van der Waals surface area (Å²) >= 11 is 4.96. The predicted molar refractivity (Wildman–Crippen MR) is 90.4 cm³/mol. The van der Waals surface area contributed by atoms with Crippen LogP contribution in [-0.4, -0.2) is 34.9 Å². The second-order valence-corrected chi connectivity index (χ2v) is 6.15. The van der Waals surface area contributed by atoms with Gasteiger partial charge in [-0.15, -0.1) is 0 Å². The molecule has 1 saturated carbocycles. The van der Waals surface area contributed by atoms with Gasteiger partial charge in [0.1, 0.15) is 4.99 Å². The zero-order valence-corrected chi connectivity index (χ0v) is 13.5. The van der Waals surface area contributed by atoms with Crippen molar-refractivity contribution in [2.75, 3.05) is 12.4 Å². The van der Waals surface area contributed by atoms with Crippen LogP contribution in [0, 0.1) is 0 Å². The summed E-state index contributed by atoms with van der Waals surface area (Å²) in [5.74, 6) is 0.00416. The highest BCUT2D eigenvalue weighted by atomic mass is 32.1. The Morgan fingerprint density at radius 1 is 1.43 bits per heavy atom. The number of thiocarbonyl (C=S) groups is 1. The second kappa shape index (κ2) is 7.00. The number of hydrogen-bond donors (Lipinski definition) is 2. The molecule has 0 aromatic heterocycles. The van der Waals surface area contributed by atoms with Crippen LogP contribution in [0.1, 0.15) is 38.2 Å². The highest BCUT2D eigenvalue weighted by Gasteiger charge is 2.27. The van der Waals surface area contributed by atoms with Crippen LogP contribution in [0.15, 0.2) is 24.3 Å². The molecule has 0 spiro atoms. The minimum Gasteiger partial charge on any atom is -0.389 e. The fraction of sp³-hybridized carbons (Fsp3) is 0.500. The molecule has 0 radical (unpaired) electrons. The number of amides is 1. The number of hydrogen-bond acceptors (Lipinski definition) is 3. The topological polar surface area (TPSA) is 58.4 Å². The molecule has 0 saturated heterocycles. The van der Waals surface area contributed by atoms with Gasteiger partial charge in [-0.25, -0.2) is 0 Å². The van der Waals surface area contributed by atoms with E-state index in [2.05, 4.69) is 10.2 Å². The Balaban J connectivity index is 1.99. The highest BCUT2D eigenvalue weighted by Crippen LogP contribution is 2.24. The molecule has 0 heterocycles. The lowest BCUT2D eigenvalue weighted by molar-refractivity contribution is -0.121. The summed E-state index contributed by atoms with van der Waals surface area (Å²) in [4.78, 5) is 14.9. The molecule has 1 amide bonds. The molecule has 114 valence electrons. The van der Waals surface area contributed by atoms with Crippen LogP contribution in [0.3, 0.4) is 0 Å². The molecule has 5 heteroatoms. The molecule has 2 rings (SSSR count). The summed E-state index contributed by atoms with van der Waals surface area (Å²) in [6, 6.07) is 7.71. The minimum absolute atomic E-state index is 0.00416. The Labute approximate surface area is 131 Å². The first kappa shape index (κ1) is 15.9. The van der Waals surface area contributed by atoms with Gasteiger partial charge in [0.25, 0.3) is 0 Å². The Hall–Kier alpha value is -1.46. The zero-order chi connectivity index (χ0) is 15.4. The summed E-state index contributed by atoms with van der Waals surface area (Å²) in [6.45, 7) is 1.95. The lowest BCUT2D eigenvalue weighted by Crippen LogP contribution is -2.44. The highest BCUT2D eigenvalue weighted by molar-refractivity contribution is 7.80. The largest absolute Gasteiger partial charge is 0.389 e. The molecule has 21 heavy (non-hydrogen) atoms. The van der Waals surface area contributed by atoms with Gasteiger partial charge in [0.05, 0.1) is 6.04 Å². The Morgan fingerprint density at radius 3 is 2.71 bits per heavy atom. The number of nitrogens with zero attached hydrogens (tertiary/aromatic N) is 1. The Morgan fingerprint density at radius 2 is 2.10 bits per heavy atom. The average Bonchev–Trinajstić information content (AvgIpc) is 3.00. The van der Waals surface area contributed by atoms with E-state index in [1.807, 2.05) is 38.2 Å². The van der Waals surface area contributed by atoms with E-state index in [-0.39, 0.29) is 11.9 Å². The molecule has 1 unspecified atom stereocenters. The third-order valence-electron chi connectivity index (χ3n) is 4.31. The van der Waals surface area contributed by atoms with Crippen molar-refractivity contribution < 1.29 is 4.79 Å². The quantitative estimate of drug-likeness (QED) is 0.821. The second-order valence-electron chi connectivity index (χ2n) is 5.71.